The first-order valence-electron chi connectivity index (χ1n) is 6.91. The molecule has 1 aromatic carbocycles. The van der Waals surface area contributed by atoms with Crippen LogP contribution in [0.5, 0.6) is 0 Å². The number of aromatic nitrogens is 3. The highest BCUT2D eigenvalue weighted by Gasteiger charge is 2.21. The molecule has 1 heterocycles. The molecule has 0 aliphatic heterocycles. The zero-order valence-electron chi connectivity index (χ0n) is 12.9. The summed E-state index contributed by atoms with van der Waals surface area (Å²) >= 11 is 1.10. The van der Waals surface area contributed by atoms with E-state index in [-0.39, 0.29) is 0 Å². The van der Waals surface area contributed by atoms with Crippen LogP contribution in [0.15, 0.2) is 23.6 Å². The number of carbonyl (C=O) groups excluding carboxylic acids is 1. The SMILES string of the molecule is COCCn1cnnc1SC(C)C(=O)Nc1ccc(F)c(F)c1F. The zero-order chi connectivity index (χ0) is 17.7. The van der Waals surface area contributed by atoms with Crippen molar-refractivity contribution in [3.05, 3.63) is 35.9 Å². The van der Waals surface area contributed by atoms with Crippen LogP contribution in [0.25, 0.3) is 0 Å². The number of hydrogen-bond acceptors (Lipinski definition) is 5. The van der Waals surface area contributed by atoms with E-state index in [4.69, 9.17) is 4.74 Å². The van der Waals surface area contributed by atoms with Gasteiger partial charge >= 0.3 is 0 Å². The monoisotopic (exact) mass is 360 g/mol. The largest absolute Gasteiger partial charge is 0.383 e. The molecule has 1 atom stereocenters. The van der Waals surface area contributed by atoms with Crippen molar-refractivity contribution < 1.29 is 22.7 Å². The van der Waals surface area contributed by atoms with Crippen LogP contribution in [-0.4, -0.2) is 39.6 Å². The van der Waals surface area contributed by atoms with Crippen molar-refractivity contribution in [1.29, 1.82) is 0 Å². The van der Waals surface area contributed by atoms with E-state index < -0.39 is 34.3 Å². The number of nitrogens with zero attached hydrogens (tertiary/aromatic N) is 3. The summed E-state index contributed by atoms with van der Waals surface area (Å²) in [7, 11) is 1.56. The molecule has 0 fully saturated rings. The predicted molar refractivity (Wildman–Crippen MR) is 82.2 cm³/mol. The third kappa shape index (κ3) is 4.26. The lowest BCUT2D eigenvalue weighted by Gasteiger charge is -2.13. The minimum Gasteiger partial charge on any atom is -0.383 e. The van der Waals surface area contributed by atoms with Gasteiger partial charge in [-0.1, -0.05) is 11.8 Å². The molecule has 0 radical (unpaired) electrons. The molecule has 0 aliphatic rings. The smallest absolute Gasteiger partial charge is 0.237 e. The first kappa shape index (κ1) is 18.3. The number of amides is 1. The van der Waals surface area contributed by atoms with Gasteiger partial charge in [0, 0.05) is 13.7 Å². The van der Waals surface area contributed by atoms with Gasteiger partial charge in [0.1, 0.15) is 6.33 Å². The van der Waals surface area contributed by atoms with Crippen LogP contribution in [0.3, 0.4) is 0 Å². The molecule has 0 spiro atoms. The Kier molecular flexibility index (Phi) is 6.21. The minimum absolute atomic E-state index is 0.424. The van der Waals surface area contributed by atoms with Crippen molar-refractivity contribution in [2.45, 2.75) is 23.9 Å². The second-order valence-electron chi connectivity index (χ2n) is 4.77. The van der Waals surface area contributed by atoms with Crippen molar-refractivity contribution in [3.63, 3.8) is 0 Å². The number of methoxy groups -OCH3 is 1. The molecule has 24 heavy (non-hydrogen) atoms. The highest BCUT2D eigenvalue weighted by atomic mass is 32.2. The number of hydrogen-bond donors (Lipinski definition) is 1. The molecule has 130 valence electrons. The molecule has 1 N–H and O–H groups in total. The number of thioether (sulfide) groups is 1. The quantitative estimate of drug-likeness (QED) is 0.607. The van der Waals surface area contributed by atoms with E-state index in [1.54, 1.807) is 18.6 Å². The number of carbonyl (C=O) groups is 1. The van der Waals surface area contributed by atoms with Gasteiger partial charge in [-0.2, -0.15) is 0 Å². The minimum atomic E-state index is -1.63. The van der Waals surface area contributed by atoms with Gasteiger partial charge < -0.3 is 14.6 Å². The summed E-state index contributed by atoms with van der Waals surface area (Å²) in [5.41, 5.74) is -0.424. The number of ether oxygens (including phenoxy) is 1. The predicted octanol–water partition coefficient (Wildman–Crippen LogP) is 2.46. The van der Waals surface area contributed by atoms with E-state index in [2.05, 4.69) is 15.5 Å². The first-order valence-corrected chi connectivity index (χ1v) is 7.79. The summed E-state index contributed by atoms with van der Waals surface area (Å²) < 4.78 is 46.3. The Hall–Kier alpha value is -2.07. The Morgan fingerprint density at radius 1 is 1.38 bits per heavy atom. The van der Waals surface area contributed by atoms with Crippen LogP contribution in [-0.2, 0) is 16.1 Å². The van der Waals surface area contributed by atoms with E-state index in [0.29, 0.717) is 18.3 Å². The Bertz CT molecular complexity index is 726. The maximum Gasteiger partial charge on any atom is 0.237 e. The van der Waals surface area contributed by atoms with E-state index in [1.165, 1.54) is 6.33 Å². The van der Waals surface area contributed by atoms with Gasteiger partial charge in [-0.05, 0) is 19.1 Å². The van der Waals surface area contributed by atoms with Gasteiger partial charge in [0.15, 0.2) is 22.6 Å². The van der Waals surface area contributed by atoms with Crippen LogP contribution in [0.1, 0.15) is 6.92 Å². The highest BCUT2D eigenvalue weighted by molar-refractivity contribution is 8.00. The fourth-order valence-electron chi connectivity index (χ4n) is 1.75. The number of rotatable bonds is 7. The molecule has 2 rings (SSSR count). The molecule has 0 saturated heterocycles. The van der Waals surface area contributed by atoms with E-state index in [0.717, 1.165) is 23.9 Å². The molecule has 1 unspecified atom stereocenters. The number of anilines is 1. The van der Waals surface area contributed by atoms with Crippen molar-refractivity contribution in [2.24, 2.45) is 0 Å². The van der Waals surface area contributed by atoms with Gasteiger partial charge in [-0.15, -0.1) is 10.2 Å². The summed E-state index contributed by atoms with van der Waals surface area (Å²) in [5, 5.41) is 9.71. The van der Waals surface area contributed by atoms with Gasteiger partial charge in [0.2, 0.25) is 5.91 Å². The number of halogens is 3. The number of benzene rings is 1. The van der Waals surface area contributed by atoms with Gasteiger partial charge in [-0.3, -0.25) is 4.79 Å². The Balaban J connectivity index is 2.03. The van der Waals surface area contributed by atoms with Crippen LogP contribution >= 0.6 is 11.8 Å². The second kappa shape index (κ2) is 8.15. The van der Waals surface area contributed by atoms with Gasteiger partial charge in [0.25, 0.3) is 0 Å². The third-order valence-electron chi connectivity index (χ3n) is 3.06. The summed E-state index contributed by atoms with van der Waals surface area (Å²) in [4.78, 5) is 12.1. The Morgan fingerprint density at radius 3 is 2.83 bits per heavy atom. The number of nitrogens with one attached hydrogen (secondary N) is 1. The zero-order valence-corrected chi connectivity index (χ0v) is 13.7. The molecule has 0 aliphatic carbocycles. The lowest BCUT2D eigenvalue weighted by Crippen LogP contribution is -2.24. The topological polar surface area (TPSA) is 69.0 Å². The summed E-state index contributed by atoms with van der Waals surface area (Å²) in [5.74, 6) is -4.97. The molecule has 2 aromatic rings. The molecule has 6 nitrogen and oxygen atoms in total. The molecular formula is C14H15F3N4O2S. The normalized spacial score (nSPS) is 12.2. The van der Waals surface area contributed by atoms with Gasteiger partial charge in [0.05, 0.1) is 17.5 Å². The third-order valence-corrected chi connectivity index (χ3v) is 4.16. The van der Waals surface area contributed by atoms with Crippen molar-refractivity contribution in [3.8, 4) is 0 Å². The fraction of sp³-hybridized carbons (Fsp3) is 0.357. The molecule has 1 amide bonds. The average Bonchev–Trinajstić information content (AvgIpc) is 3.00. The first-order chi connectivity index (χ1) is 11.4. The van der Waals surface area contributed by atoms with Crippen molar-refractivity contribution >= 4 is 23.4 Å². The fourth-order valence-corrected chi connectivity index (χ4v) is 2.60. The van der Waals surface area contributed by atoms with Crippen LogP contribution < -0.4 is 5.32 Å². The summed E-state index contributed by atoms with van der Waals surface area (Å²) in [6, 6.07) is 1.71. The second-order valence-corrected chi connectivity index (χ2v) is 6.08. The standard InChI is InChI=1S/C14H15F3N4O2S/c1-8(24-14-20-18-7-21(14)5-6-23-2)13(22)19-10-4-3-9(15)11(16)12(10)17/h3-4,7-8H,5-6H2,1-2H3,(H,19,22). The van der Waals surface area contributed by atoms with E-state index in [1.807, 2.05) is 0 Å². The molecule has 10 heteroatoms. The summed E-state index contributed by atoms with van der Waals surface area (Å²) in [6.07, 6.45) is 1.50. The van der Waals surface area contributed by atoms with Gasteiger partial charge in [-0.25, -0.2) is 13.2 Å². The molecule has 0 bridgehead atoms. The maximum atomic E-state index is 13.6. The molecular weight excluding hydrogens is 345 g/mol. The summed E-state index contributed by atoms with van der Waals surface area (Å²) in [6.45, 7) is 2.54. The highest BCUT2D eigenvalue weighted by Crippen LogP contribution is 2.24. The Labute approximate surface area is 140 Å². The lowest BCUT2D eigenvalue weighted by molar-refractivity contribution is -0.115. The molecule has 1 aromatic heterocycles. The van der Waals surface area contributed by atoms with Crippen molar-refractivity contribution in [1.82, 2.24) is 14.8 Å². The van der Waals surface area contributed by atoms with Crippen molar-refractivity contribution in [2.75, 3.05) is 19.0 Å². The lowest BCUT2D eigenvalue weighted by atomic mass is 10.2. The van der Waals surface area contributed by atoms with E-state index in [9.17, 15) is 18.0 Å². The Morgan fingerprint density at radius 2 is 2.12 bits per heavy atom. The van der Waals surface area contributed by atoms with Crippen LogP contribution in [0, 0.1) is 17.5 Å². The average molecular weight is 360 g/mol. The maximum absolute atomic E-state index is 13.6. The van der Waals surface area contributed by atoms with Crippen LogP contribution in [0.4, 0.5) is 18.9 Å². The van der Waals surface area contributed by atoms with E-state index >= 15 is 0 Å². The molecule has 0 saturated carbocycles. The van der Waals surface area contributed by atoms with Crippen LogP contribution in [0.2, 0.25) is 0 Å².